The van der Waals surface area contributed by atoms with Gasteiger partial charge in [0, 0.05) is 37.1 Å². The van der Waals surface area contributed by atoms with Crippen LogP contribution in [0.25, 0.3) is 0 Å². The maximum absolute atomic E-state index is 12.3. The van der Waals surface area contributed by atoms with Crippen LogP contribution in [-0.2, 0) is 10.0 Å². The minimum atomic E-state index is -3.23. The van der Waals surface area contributed by atoms with Gasteiger partial charge in [-0.1, -0.05) is 0 Å². The SMILES string of the molecule is Cc1cc(=O)c(C(=O)N2CCC(NS(C)(=O)=O)CC2)c[nH]1. The topological polar surface area (TPSA) is 99.3 Å². The fourth-order valence-corrected chi connectivity index (χ4v) is 3.26. The summed E-state index contributed by atoms with van der Waals surface area (Å²) in [6, 6.07) is 1.24. The average Bonchev–Trinajstić information content (AvgIpc) is 2.37. The standard InChI is InChI=1S/C13H19N3O4S/c1-9-7-12(17)11(8-14-9)13(18)16-5-3-10(4-6-16)15-21(2,19)20/h7-8,10,15H,3-6H2,1-2H3,(H,14,17). The molecule has 0 unspecified atom stereocenters. The largest absolute Gasteiger partial charge is 0.364 e. The zero-order valence-corrected chi connectivity index (χ0v) is 12.9. The number of aromatic amines is 1. The molecule has 0 aliphatic carbocycles. The summed E-state index contributed by atoms with van der Waals surface area (Å²) >= 11 is 0. The molecule has 21 heavy (non-hydrogen) atoms. The van der Waals surface area contributed by atoms with E-state index in [0.717, 1.165) is 6.26 Å². The Labute approximate surface area is 123 Å². The Morgan fingerprint density at radius 3 is 2.52 bits per heavy atom. The number of pyridine rings is 1. The van der Waals surface area contributed by atoms with Crippen molar-refractivity contribution >= 4 is 15.9 Å². The van der Waals surface area contributed by atoms with Gasteiger partial charge in [-0.3, -0.25) is 9.59 Å². The molecule has 1 aromatic heterocycles. The van der Waals surface area contributed by atoms with Crippen molar-refractivity contribution in [3.8, 4) is 0 Å². The number of carbonyl (C=O) groups excluding carboxylic acids is 1. The number of amides is 1. The monoisotopic (exact) mass is 313 g/mol. The summed E-state index contributed by atoms with van der Waals surface area (Å²) in [6.45, 7) is 2.61. The molecule has 7 nitrogen and oxygen atoms in total. The molecule has 1 fully saturated rings. The van der Waals surface area contributed by atoms with Crippen molar-refractivity contribution in [1.82, 2.24) is 14.6 Å². The van der Waals surface area contributed by atoms with E-state index < -0.39 is 10.0 Å². The lowest BCUT2D eigenvalue weighted by Crippen LogP contribution is -2.47. The first kappa shape index (κ1) is 15.7. The van der Waals surface area contributed by atoms with E-state index in [1.165, 1.54) is 12.3 Å². The van der Waals surface area contributed by atoms with Crippen LogP contribution in [0, 0.1) is 6.92 Å². The van der Waals surface area contributed by atoms with Crippen LogP contribution in [0.2, 0.25) is 0 Å². The number of rotatable bonds is 3. The molecule has 1 aliphatic rings. The molecule has 2 rings (SSSR count). The van der Waals surface area contributed by atoms with Gasteiger partial charge in [-0.2, -0.15) is 0 Å². The second-order valence-electron chi connectivity index (χ2n) is 5.35. The molecule has 1 aromatic rings. The number of aryl methyl sites for hydroxylation is 1. The van der Waals surface area contributed by atoms with Gasteiger partial charge in [-0.25, -0.2) is 13.1 Å². The number of piperidine rings is 1. The molecule has 1 amide bonds. The Hall–Kier alpha value is -1.67. The second-order valence-corrected chi connectivity index (χ2v) is 7.13. The van der Waals surface area contributed by atoms with Crippen LogP contribution in [-0.4, -0.2) is 49.6 Å². The normalized spacial score (nSPS) is 17.0. The average molecular weight is 313 g/mol. The highest BCUT2D eigenvalue weighted by atomic mass is 32.2. The Morgan fingerprint density at radius 1 is 1.38 bits per heavy atom. The number of nitrogens with zero attached hydrogens (tertiary/aromatic N) is 1. The predicted octanol–water partition coefficient (Wildman–Crippen LogP) is -0.163. The number of hydrogen-bond donors (Lipinski definition) is 2. The third-order valence-electron chi connectivity index (χ3n) is 3.45. The van der Waals surface area contributed by atoms with Crippen LogP contribution in [0.4, 0.5) is 0 Å². The molecule has 1 saturated heterocycles. The van der Waals surface area contributed by atoms with E-state index >= 15 is 0 Å². The lowest BCUT2D eigenvalue weighted by molar-refractivity contribution is 0.0709. The van der Waals surface area contributed by atoms with Crippen molar-refractivity contribution in [3.05, 3.63) is 33.7 Å². The first-order valence-electron chi connectivity index (χ1n) is 6.72. The number of H-pyrrole nitrogens is 1. The summed E-state index contributed by atoms with van der Waals surface area (Å²) in [5.41, 5.74) is 0.523. The Balaban J connectivity index is 2.02. The van der Waals surface area contributed by atoms with Crippen LogP contribution in [0.5, 0.6) is 0 Å². The summed E-state index contributed by atoms with van der Waals surface area (Å²) in [6.07, 6.45) is 3.64. The van der Waals surface area contributed by atoms with Crippen molar-refractivity contribution in [2.24, 2.45) is 0 Å². The van der Waals surface area contributed by atoms with Gasteiger partial charge in [0.05, 0.1) is 6.26 Å². The van der Waals surface area contributed by atoms with Crippen LogP contribution in [0.15, 0.2) is 17.1 Å². The smallest absolute Gasteiger partial charge is 0.259 e. The zero-order chi connectivity index (χ0) is 15.6. The molecular weight excluding hydrogens is 294 g/mol. The van der Waals surface area contributed by atoms with Crippen LogP contribution in [0.3, 0.4) is 0 Å². The number of aromatic nitrogens is 1. The van der Waals surface area contributed by atoms with Gasteiger partial charge in [0.15, 0.2) is 5.43 Å². The summed E-state index contributed by atoms with van der Waals surface area (Å²) in [7, 11) is -3.23. The summed E-state index contributed by atoms with van der Waals surface area (Å²) in [5, 5.41) is 0. The molecule has 116 valence electrons. The molecular formula is C13H19N3O4S. The third kappa shape index (κ3) is 4.15. The van der Waals surface area contributed by atoms with Gasteiger partial charge in [0.1, 0.15) is 5.56 Å². The Kier molecular flexibility index (Phi) is 4.48. The fourth-order valence-electron chi connectivity index (χ4n) is 2.41. The van der Waals surface area contributed by atoms with Gasteiger partial charge >= 0.3 is 0 Å². The fraction of sp³-hybridized carbons (Fsp3) is 0.538. The third-order valence-corrected chi connectivity index (χ3v) is 4.21. The first-order valence-corrected chi connectivity index (χ1v) is 8.61. The Morgan fingerprint density at radius 2 is 2.00 bits per heavy atom. The molecule has 0 atom stereocenters. The zero-order valence-electron chi connectivity index (χ0n) is 12.0. The maximum atomic E-state index is 12.3. The number of nitrogens with one attached hydrogen (secondary N) is 2. The second kappa shape index (κ2) is 5.98. The van der Waals surface area contributed by atoms with Gasteiger partial charge in [-0.15, -0.1) is 0 Å². The van der Waals surface area contributed by atoms with E-state index in [4.69, 9.17) is 0 Å². The van der Waals surface area contributed by atoms with E-state index in [1.54, 1.807) is 11.8 Å². The Bertz CT molecular complexity index is 688. The predicted molar refractivity (Wildman–Crippen MR) is 78.7 cm³/mol. The van der Waals surface area contributed by atoms with Crippen molar-refractivity contribution < 1.29 is 13.2 Å². The van der Waals surface area contributed by atoms with E-state index in [0.29, 0.717) is 31.6 Å². The highest BCUT2D eigenvalue weighted by Gasteiger charge is 2.26. The van der Waals surface area contributed by atoms with Gasteiger partial charge in [0.25, 0.3) is 5.91 Å². The van der Waals surface area contributed by atoms with Crippen molar-refractivity contribution in [1.29, 1.82) is 0 Å². The van der Waals surface area contributed by atoms with Crippen LogP contribution < -0.4 is 10.2 Å². The van der Waals surface area contributed by atoms with Crippen LogP contribution >= 0.6 is 0 Å². The van der Waals surface area contributed by atoms with Crippen LogP contribution in [0.1, 0.15) is 28.9 Å². The molecule has 0 radical (unpaired) electrons. The molecule has 8 heteroatoms. The highest BCUT2D eigenvalue weighted by molar-refractivity contribution is 7.88. The minimum absolute atomic E-state index is 0.120. The summed E-state index contributed by atoms with van der Waals surface area (Å²) in [4.78, 5) is 28.6. The number of hydrogen-bond acceptors (Lipinski definition) is 4. The molecule has 0 spiro atoms. The number of likely N-dealkylation sites (tertiary alicyclic amines) is 1. The van der Waals surface area contributed by atoms with E-state index in [-0.39, 0.29) is 22.9 Å². The molecule has 2 N–H and O–H groups in total. The molecule has 2 heterocycles. The number of sulfonamides is 1. The van der Waals surface area contributed by atoms with Gasteiger partial charge < -0.3 is 9.88 Å². The summed E-state index contributed by atoms with van der Waals surface area (Å²) in [5.74, 6) is -0.311. The molecule has 1 aliphatic heterocycles. The van der Waals surface area contributed by atoms with E-state index in [2.05, 4.69) is 9.71 Å². The highest BCUT2D eigenvalue weighted by Crippen LogP contribution is 2.13. The summed E-state index contributed by atoms with van der Waals surface area (Å²) < 4.78 is 24.9. The molecule has 0 bridgehead atoms. The lowest BCUT2D eigenvalue weighted by atomic mass is 10.1. The van der Waals surface area contributed by atoms with E-state index in [1.807, 2.05) is 0 Å². The van der Waals surface area contributed by atoms with E-state index in [9.17, 15) is 18.0 Å². The quantitative estimate of drug-likeness (QED) is 0.809. The van der Waals surface area contributed by atoms with Crippen molar-refractivity contribution in [2.75, 3.05) is 19.3 Å². The number of carbonyl (C=O) groups is 1. The van der Waals surface area contributed by atoms with Crippen molar-refractivity contribution in [2.45, 2.75) is 25.8 Å². The molecule has 0 aromatic carbocycles. The lowest BCUT2D eigenvalue weighted by Gasteiger charge is -2.31. The van der Waals surface area contributed by atoms with Crippen molar-refractivity contribution in [3.63, 3.8) is 0 Å². The minimum Gasteiger partial charge on any atom is -0.364 e. The molecule has 0 saturated carbocycles. The van der Waals surface area contributed by atoms with Gasteiger partial charge in [-0.05, 0) is 19.8 Å². The van der Waals surface area contributed by atoms with Gasteiger partial charge in [0.2, 0.25) is 10.0 Å². The first-order chi connectivity index (χ1) is 9.76. The maximum Gasteiger partial charge on any atom is 0.259 e.